The normalized spacial score (nSPS) is 18.0. The van der Waals surface area contributed by atoms with E-state index in [0.29, 0.717) is 10.6 Å². The van der Waals surface area contributed by atoms with Gasteiger partial charge in [-0.3, -0.25) is 14.5 Å². The van der Waals surface area contributed by atoms with Crippen molar-refractivity contribution in [3.05, 3.63) is 39.8 Å². The van der Waals surface area contributed by atoms with Gasteiger partial charge < -0.3 is 4.74 Å². The van der Waals surface area contributed by atoms with E-state index in [1.54, 1.807) is 37.3 Å². The molecule has 1 fully saturated rings. The zero-order chi connectivity index (χ0) is 16.3. The molecule has 116 valence electrons. The molecule has 0 N–H and O–H groups in total. The van der Waals surface area contributed by atoms with Crippen LogP contribution in [0.4, 0.5) is 4.79 Å². The van der Waals surface area contributed by atoms with Crippen LogP contribution in [0, 0.1) is 0 Å². The van der Waals surface area contributed by atoms with Gasteiger partial charge in [0.1, 0.15) is 6.04 Å². The van der Waals surface area contributed by atoms with E-state index in [1.807, 2.05) is 0 Å². The molecule has 0 aromatic heterocycles. The third-order valence-corrected chi connectivity index (χ3v) is 4.26. The molecule has 5 nitrogen and oxygen atoms in total. The minimum absolute atomic E-state index is 0.189. The van der Waals surface area contributed by atoms with Crippen molar-refractivity contribution >= 4 is 46.6 Å². The maximum Gasteiger partial charge on any atom is 0.329 e. The molecule has 1 aliphatic rings. The van der Waals surface area contributed by atoms with Gasteiger partial charge in [-0.2, -0.15) is 0 Å². The van der Waals surface area contributed by atoms with E-state index in [9.17, 15) is 14.4 Å². The molecule has 1 saturated heterocycles. The zero-order valence-electron chi connectivity index (χ0n) is 12.0. The number of esters is 1. The van der Waals surface area contributed by atoms with Crippen LogP contribution < -0.4 is 0 Å². The number of thioether (sulfide) groups is 1. The van der Waals surface area contributed by atoms with E-state index >= 15 is 0 Å². The van der Waals surface area contributed by atoms with Gasteiger partial charge in [0.05, 0.1) is 11.5 Å². The fraction of sp³-hybridized carbons (Fsp3) is 0.267. The number of nitrogens with zero attached hydrogens (tertiary/aromatic N) is 1. The highest BCUT2D eigenvalue weighted by atomic mass is 35.5. The number of hydrogen-bond acceptors (Lipinski definition) is 5. The molecule has 0 unspecified atom stereocenters. The van der Waals surface area contributed by atoms with Gasteiger partial charge in [-0.25, -0.2) is 4.79 Å². The van der Waals surface area contributed by atoms with Crippen LogP contribution in [0.2, 0.25) is 5.02 Å². The molecule has 0 saturated carbocycles. The second-order valence-electron chi connectivity index (χ2n) is 4.50. The van der Waals surface area contributed by atoms with Gasteiger partial charge >= 0.3 is 5.97 Å². The van der Waals surface area contributed by atoms with Gasteiger partial charge in [-0.15, -0.1) is 0 Å². The van der Waals surface area contributed by atoms with Gasteiger partial charge in [0.25, 0.3) is 11.1 Å². The SMILES string of the molecule is CCOC(=O)[C@H](C)N1C(=O)S/C(=C/c2ccccc2Cl)C1=O. The fourth-order valence-corrected chi connectivity index (χ4v) is 3.00. The van der Waals surface area contributed by atoms with Gasteiger partial charge in [0.2, 0.25) is 0 Å². The van der Waals surface area contributed by atoms with E-state index in [-0.39, 0.29) is 11.5 Å². The Morgan fingerprint density at radius 1 is 1.41 bits per heavy atom. The fourth-order valence-electron chi connectivity index (χ4n) is 1.92. The molecule has 0 aliphatic carbocycles. The van der Waals surface area contributed by atoms with Crippen LogP contribution in [0.25, 0.3) is 6.08 Å². The van der Waals surface area contributed by atoms with E-state index in [4.69, 9.17) is 16.3 Å². The number of hydrogen-bond donors (Lipinski definition) is 0. The molecule has 1 aromatic carbocycles. The monoisotopic (exact) mass is 339 g/mol. The molecule has 0 spiro atoms. The summed E-state index contributed by atoms with van der Waals surface area (Å²) in [7, 11) is 0. The summed E-state index contributed by atoms with van der Waals surface area (Å²) in [5.74, 6) is -1.13. The summed E-state index contributed by atoms with van der Waals surface area (Å²) >= 11 is 6.82. The number of amides is 2. The second-order valence-corrected chi connectivity index (χ2v) is 5.90. The van der Waals surface area contributed by atoms with Crippen molar-refractivity contribution in [2.75, 3.05) is 6.61 Å². The van der Waals surface area contributed by atoms with E-state index in [0.717, 1.165) is 16.7 Å². The molecule has 1 aromatic rings. The van der Waals surface area contributed by atoms with Crippen molar-refractivity contribution in [3.8, 4) is 0 Å². The van der Waals surface area contributed by atoms with E-state index in [2.05, 4.69) is 0 Å². The average molecular weight is 340 g/mol. The molecule has 1 aliphatic heterocycles. The summed E-state index contributed by atoms with van der Waals surface area (Å²) in [6, 6.07) is 6.03. The molecular weight excluding hydrogens is 326 g/mol. The first kappa shape index (κ1) is 16.6. The summed E-state index contributed by atoms with van der Waals surface area (Å²) < 4.78 is 4.85. The van der Waals surface area contributed by atoms with Gasteiger partial charge in [0.15, 0.2) is 0 Å². The van der Waals surface area contributed by atoms with Crippen LogP contribution in [0.3, 0.4) is 0 Å². The zero-order valence-corrected chi connectivity index (χ0v) is 13.6. The summed E-state index contributed by atoms with van der Waals surface area (Å²) in [4.78, 5) is 37.2. The van der Waals surface area contributed by atoms with Gasteiger partial charge in [-0.1, -0.05) is 29.8 Å². The predicted octanol–water partition coefficient (Wildman–Crippen LogP) is 3.33. The van der Waals surface area contributed by atoms with Crippen molar-refractivity contribution in [2.24, 2.45) is 0 Å². The Balaban J connectivity index is 2.26. The summed E-state index contributed by atoms with van der Waals surface area (Å²) in [6.45, 7) is 3.32. The van der Waals surface area contributed by atoms with Crippen molar-refractivity contribution in [1.82, 2.24) is 4.90 Å². The first-order valence-electron chi connectivity index (χ1n) is 6.64. The Bertz CT molecular complexity index is 659. The highest BCUT2D eigenvalue weighted by Gasteiger charge is 2.41. The number of rotatable bonds is 4. The van der Waals surface area contributed by atoms with Crippen molar-refractivity contribution in [3.63, 3.8) is 0 Å². The Morgan fingerprint density at radius 3 is 2.73 bits per heavy atom. The topological polar surface area (TPSA) is 63.7 Å². The Morgan fingerprint density at radius 2 is 2.09 bits per heavy atom. The first-order valence-corrected chi connectivity index (χ1v) is 7.83. The Kier molecular flexibility index (Phi) is 5.26. The standard InChI is InChI=1S/C15H14ClNO4S/c1-3-21-14(19)9(2)17-13(18)12(22-15(17)20)8-10-6-4-5-7-11(10)16/h4-9H,3H2,1-2H3/b12-8+/t9-/m0/s1. The maximum atomic E-state index is 12.3. The Labute approximate surface area is 137 Å². The predicted molar refractivity (Wildman–Crippen MR) is 85.4 cm³/mol. The lowest BCUT2D eigenvalue weighted by molar-refractivity contribution is -0.150. The van der Waals surface area contributed by atoms with Crippen LogP contribution in [-0.2, 0) is 14.3 Å². The third-order valence-electron chi connectivity index (χ3n) is 3.03. The van der Waals surface area contributed by atoms with Crippen molar-refractivity contribution in [2.45, 2.75) is 19.9 Å². The minimum Gasteiger partial charge on any atom is -0.464 e. The second kappa shape index (κ2) is 6.98. The highest BCUT2D eigenvalue weighted by Crippen LogP contribution is 2.34. The molecule has 2 rings (SSSR count). The molecule has 1 atom stereocenters. The molecule has 22 heavy (non-hydrogen) atoms. The number of carbonyl (C=O) groups excluding carboxylic acids is 3. The molecule has 7 heteroatoms. The molecular formula is C15H14ClNO4S. The quantitative estimate of drug-likeness (QED) is 0.622. The van der Waals surface area contributed by atoms with Gasteiger partial charge in [-0.05, 0) is 43.3 Å². The summed E-state index contributed by atoms with van der Waals surface area (Å²) in [6.07, 6.45) is 1.55. The lowest BCUT2D eigenvalue weighted by atomic mass is 10.2. The molecule has 1 heterocycles. The average Bonchev–Trinajstić information content (AvgIpc) is 2.75. The number of carbonyl (C=O) groups is 3. The maximum absolute atomic E-state index is 12.3. The van der Waals surface area contributed by atoms with E-state index in [1.165, 1.54) is 6.92 Å². The Hall–Kier alpha value is -1.79. The van der Waals surface area contributed by atoms with Crippen LogP contribution in [0.15, 0.2) is 29.2 Å². The smallest absolute Gasteiger partial charge is 0.329 e. The molecule has 0 radical (unpaired) electrons. The van der Waals surface area contributed by atoms with Crippen LogP contribution in [0.1, 0.15) is 19.4 Å². The minimum atomic E-state index is -0.954. The van der Waals surface area contributed by atoms with Crippen LogP contribution in [0.5, 0.6) is 0 Å². The molecule has 2 amide bonds. The number of benzene rings is 1. The number of halogens is 1. The summed E-state index contributed by atoms with van der Waals surface area (Å²) in [5.41, 5.74) is 0.637. The first-order chi connectivity index (χ1) is 10.5. The van der Waals surface area contributed by atoms with E-state index < -0.39 is 23.2 Å². The number of ether oxygens (including phenoxy) is 1. The lowest BCUT2D eigenvalue weighted by Crippen LogP contribution is -2.42. The van der Waals surface area contributed by atoms with Gasteiger partial charge in [0, 0.05) is 5.02 Å². The van der Waals surface area contributed by atoms with Crippen molar-refractivity contribution < 1.29 is 19.1 Å². The molecule has 0 bridgehead atoms. The van der Waals surface area contributed by atoms with Crippen LogP contribution in [-0.4, -0.2) is 34.7 Å². The van der Waals surface area contributed by atoms with Crippen LogP contribution >= 0.6 is 23.4 Å². The lowest BCUT2D eigenvalue weighted by Gasteiger charge is -2.19. The number of imide groups is 1. The highest BCUT2D eigenvalue weighted by molar-refractivity contribution is 8.18. The largest absolute Gasteiger partial charge is 0.464 e. The summed E-state index contributed by atoms with van der Waals surface area (Å²) in [5, 5.41) is -0.0170. The third kappa shape index (κ3) is 3.34. The van der Waals surface area contributed by atoms with Crippen molar-refractivity contribution in [1.29, 1.82) is 0 Å².